The van der Waals surface area contributed by atoms with Gasteiger partial charge in [0.05, 0.1) is 16.9 Å². The van der Waals surface area contributed by atoms with Gasteiger partial charge in [-0.25, -0.2) is 8.42 Å². The predicted octanol–water partition coefficient (Wildman–Crippen LogP) is 14.1. The quantitative estimate of drug-likeness (QED) is 0.0637. The molecule has 0 radical (unpaired) electrons. The summed E-state index contributed by atoms with van der Waals surface area (Å²) in [6.07, 6.45) is 6.27. The van der Waals surface area contributed by atoms with Crippen LogP contribution in [0.4, 0.5) is 0 Å². The third kappa shape index (κ3) is 11.7. The zero-order chi connectivity index (χ0) is 36.9. The standard InChI is InChI=1S/C37H42Br2O4S.C4H8I2/c1-7-9-33(38)31-23-25(3)11-21-35(31)44(40,41)36-22-20-30(24-32(36)34(39)10-8-2)43-29-18-14-27(15-19-29)37(4,5)26-12-16-28(42-6)17-13-26;5-3-1-2-4-6/h11-24,33-34H,7-10H2,1-6H3;1-4H2. The molecule has 0 aliphatic carbocycles. The van der Waals surface area contributed by atoms with Gasteiger partial charge in [0.15, 0.2) is 0 Å². The van der Waals surface area contributed by atoms with Crippen molar-refractivity contribution in [1.29, 1.82) is 0 Å². The highest BCUT2D eigenvalue weighted by Gasteiger charge is 2.29. The summed E-state index contributed by atoms with van der Waals surface area (Å²) in [5.41, 5.74) is 4.67. The second-order valence-electron chi connectivity index (χ2n) is 12.8. The molecule has 272 valence electrons. The minimum absolute atomic E-state index is 0.0451. The average molecular weight is 1050 g/mol. The van der Waals surface area contributed by atoms with Crippen LogP contribution in [0.2, 0.25) is 0 Å². The van der Waals surface area contributed by atoms with Crippen molar-refractivity contribution in [2.45, 2.75) is 98.0 Å². The van der Waals surface area contributed by atoms with E-state index in [1.54, 1.807) is 25.3 Å². The lowest BCUT2D eigenvalue weighted by Gasteiger charge is -2.26. The van der Waals surface area contributed by atoms with Crippen molar-refractivity contribution < 1.29 is 17.9 Å². The van der Waals surface area contributed by atoms with E-state index in [0.29, 0.717) is 26.9 Å². The highest BCUT2D eigenvalue weighted by Crippen LogP contribution is 2.42. The van der Waals surface area contributed by atoms with Crippen LogP contribution in [0.3, 0.4) is 0 Å². The molecule has 0 aromatic heterocycles. The van der Waals surface area contributed by atoms with Crippen molar-refractivity contribution in [3.05, 3.63) is 113 Å². The molecule has 0 saturated carbocycles. The molecule has 0 aliphatic rings. The van der Waals surface area contributed by atoms with Crippen molar-refractivity contribution >= 4 is 86.9 Å². The number of hydrogen-bond donors (Lipinski definition) is 0. The highest BCUT2D eigenvalue weighted by atomic mass is 127. The molecule has 4 aromatic rings. The summed E-state index contributed by atoms with van der Waals surface area (Å²) in [7, 11) is -2.14. The minimum Gasteiger partial charge on any atom is -0.497 e. The predicted molar refractivity (Wildman–Crippen MR) is 235 cm³/mol. The topological polar surface area (TPSA) is 52.6 Å². The summed E-state index contributed by atoms with van der Waals surface area (Å²) in [5, 5.41) is 0. The fourth-order valence-electron chi connectivity index (χ4n) is 5.61. The van der Waals surface area contributed by atoms with Gasteiger partial charge >= 0.3 is 0 Å². The Morgan fingerprint density at radius 2 is 1.12 bits per heavy atom. The number of rotatable bonds is 16. The molecule has 0 fully saturated rings. The third-order valence-electron chi connectivity index (χ3n) is 8.63. The van der Waals surface area contributed by atoms with Gasteiger partial charge in [0, 0.05) is 15.1 Å². The first-order chi connectivity index (χ1) is 23.8. The third-order valence-corrected chi connectivity index (χ3v) is 14.0. The number of sulfone groups is 1. The molecule has 2 atom stereocenters. The minimum atomic E-state index is -3.81. The largest absolute Gasteiger partial charge is 0.497 e. The number of ether oxygens (including phenoxy) is 2. The van der Waals surface area contributed by atoms with Gasteiger partial charge in [0.1, 0.15) is 17.2 Å². The van der Waals surface area contributed by atoms with Crippen molar-refractivity contribution in [2.24, 2.45) is 0 Å². The first-order valence-corrected chi connectivity index (χ1v) is 23.5. The van der Waals surface area contributed by atoms with Crippen LogP contribution >= 0.6 is 77.0 Å². The Morgan fingerprint density at radius 1 is 0.680 bits per heavy atom. The van der Waals surface area contributed by atoms with Gasteiger partial charge in [-0.1, -0.05) is 160 Å². The van der Waals surface area contributed by atoms with E-state index < -0.39 is 9.84 Å². The number of halogens is 4. The second kappa shape index (κ2) is 20.9. The van der Waals surface area contributed by atoms with E-state index in [1.807, 2.05) is 49.4 Å². The zero-order valence-corrected chi connectivity index (χ0v) is 38.3. The lowest BCUT2D eigenvalue weighted by Crippen LogP contribution is -2.18. The van der Waals surface area contributed by atoms with Crippen LogP contribution in [0.25, 0.3) is 0 Å². The molecule has 0 aliphatic heterocycles. The summed E-state index contributed by atoms with van der Waals surface area (Å²) < 4.78 is 42.8. The molecule has 0 saturated heterocycles. The number of unbranched alkanes of at least 4 members (excludes halogenated alkanes) is 1. The van der Waals surface area contributed by atoms with Crippen LogP contribution in [0.1, 0.15) is 104 Å². The van der Waals surface area contributed by atoms with Crippen LogP contribution in [0, 0.1) is 6.92 Å². The summed E-state index contributed by atoms with van der Waals surface area (Å²) in [6, 6.07) is 27.1. The molecule has 4 nitrogen and oxygen atoms in total. The van der Waals surface area contributed by atoms with Gasteiger partial charge in [-0.05, 0) is 112 Å². The maximum atomic E-state index is 14.3. The molecule has 4 aromatic carbocycles. The van der Waals surface area contributed by atoms with Gasteiger partial charge in [-0.15, -0.1) is 0 Å². The monoisotopic (exact) mass is 1050 g/mol. The summed E-state index contributed by atoms with van der Waals surface area (Å²) >= 11 is 12.4. The van der Waals surface area contributed by atoms with E-state index in [0.717, 1.165) is 48.1 Å². The van der Waals surface area contributed by atoms with Gasteiger partial charge < -0.3 is 9.47 Å². The number of benzene rings is 4. The Morgan fingerprint density at radius 3 is 1.58 bits per heavy atom. The maximum absolute atomic E-state index is 14.3. The summed E-state index contributed by atoms with van der Waals surface area (Å²) in [5.74, 6) is 2.11. The lowest BCUT2D eigenvalue weighted by molar-refractivity contribution is 0.414. The van der Waals surface area contributed by atoms with Gasteiger partial charge in [0.2, 0.25) is 9.84 Å². The van der Waals surface area contributed by atoms with Crippen LogP contribution in [0.15, 0.2) is 94.7 Å². The highest BCUT2D eigenvalue weighted by molar-refractivity contribution is 14.1. The van der Waals surface area contributed by atoms with Crippen molar-refractivity contribution in [3.8, 4) is 17.2 Å². The smallest absolute Gasteiger partial charge is 0.207 e. The molecule has 0 spiro atoms. The number of hydrogen-bond acceptors (Lipinski definition) is 4. The number of methoxy groups -OCH3 is 1. The second-order valence-corrected chi connectivity index (χ2v) is 19.1. The van der Waals surface area contributed by atoms with Crippen LogP contribution in [0.5, 0.6) is 17.2 Å². The van der Waals surface area contributed by atoms with Gasteiger partial charge in [0.25, 0.3) is 0 Å². The molecule has 9 heteroatoms. The van der Waals surface area contributed by atoms with Gasteiger partial charge in [-0.3, -0.25) is 0 Å². The molecular weight excluding hydrogens is 1000 g/mol. The summed E-state index contributed by atoms with van der Waals surface area (Å²) in [6.45, 7) is 10.6. The molecule has 2 unspecified atom stereocenters. The Hall–Kier alpha value is -1.15. The van der Waals surface area contributed by atoms with E-state index in [1.165, 1.54) is 27.3 Å². The normalized spacial score (nSPS) is 12.8. The molecule has 50 heavy (non-hydrogen) atoms. The van der Waals surface area contributed by atoms with E-state index in [-0.39, 0.29) is 15.1 Å². The van der Waals surface area contributed by atoms with Crippen LogP contribution < -0.4 is 9.47 Å². The number of aryl methyl sites for hydroxylation is 1. The first kappa shape index (κ1) is 43.3. The molecular formula is C41H50Br2I2O4S. The van der Waals surface area contributed by atoms with Crippen LogP contribution in [-0.2, 0) is 15.3 Å². The fraction of sp³-hybridized carbons (Fsp3) is 0.415. The van der Waals surface area contributed by atoms with Gasteiger partial charge in [-0.2, -0.15) is 0 Å². The average Bonchev–Trinajstić information content (AvgIpc) is 3.11. The fourth-order valence-corrected chi connectivity index (χ4v) is 10.4. The Kier molecular flexibility index (Phi) is 18.1. The molecule has 0 amide bonds. The maximum Gasteiger partial charge on any atom is 0.207 e. The van der Waals surface area contributed by atoms with Crippen molar-refractivity contribution in [3.63, 3.8) is 0 Å². The SMILES string of the molecule is CCCC(Br)c1cc(C)ccc1S(=O)(=O)c1ccc(Oc2ccc(C(C)(C)c3ccc(OC)cc3)cc2)cc1C(Br)CCC.ICCCCI. The summed E-state index contributed by atoms with van der Waals surface area (Å²) in [4.78, 5) is 0.465. The molecule has 0 bridgehead atoms. The Balaban J connectivity index is 0.00000103. The first-order valence-electron chi connectivity index (χ1n) is 17.2. The van der Waals surface area contributed by atoms with E-state index in [9.17, 15) is 8.42 Å². The van der Waals surface area contributed by atoms with E-state index in [4.69, 9.17) is 9.47 Å². The Labute approximate surface area is 345 Å². The molecule has 0 N–H and O–H groups in total. The molecule has 4 rings (SSSR count). The van der Waals surface area contributed by atoms with Crippen molar-refractivity contribution in [2.75, 3.05) is 16.0 Å². The lowest BCUT2D eigenvalue weighted by atomic mass is 9.78. The zero-order valence-electron chi connectivity index (χ0n) is 29.9. The Bertz CT molecular complexity index is 1740. The van der Waals surface area contributed by atoms with E-state index in [2.05, 4.69) is 129 Å². The molecule has 0 heterocycles. The van der Waals surface area contributed by atoms with E-state index >= 15 is 0 Å². The van der Waals surface area contributed by atoms with Crippen molar-refractivity contribution in [1.82, 2.24) is 0 Å². The number of alkyl halides is 4. The van der Waals surface area contributed by atoms with Crippen LogP contribution in [-0.4, -0.2) is 24.4 Å².